The van der Waals surface area contributed by atoms with E-state index in [1.165, 1.54) is 11.1 Å². The summed E-state index contributed by atoms with van der Waals surface area (Å²) in [5.41, 5.74) is 9.27. The fraction of sp³-hybridized carbons (Fsp3) is 0.462. The van der Waals surface area contributed by atoms with Gasteiger partial charge in [-0.15, -0.1) is 0 Å². The first kappa shape index (κ1) is 13.5. The first-order chi connectivity index (χ1) is 8.26. The molecule has 0 bridgehead atoms. The molecule has 94 valence electrons. The molecule has 4 heteroatoms. The van der Waals surface area contributed by atoms with Gasteiger partial charge in [0.15, 0.2) is 5.96 Å². The third-order valence-corrected chi connectivity index (χ3v) is 2.67. The van der Waals surface area contributed by atoms with Crippen LogP contribution in [0.4, 0.5) is 5.69 Å². The maximum Gasteiger partial charge on any atom is 0.195 e. The quantitative estimate of drug-likeness (QED) is 0.549. The summed E-state index contributed by atoms with van der Waals surface area (Å²) in [6.07, 6.45) is 0.957. The summed E-state index contributed by atoms with van der Waals surface area (Å²) in [4.78, 5) is 4.17. The monoisotopic (exact) mass is 234 g/mol. The fourth-order valence-corrected chi connectivity index (χ4v) is 1.83. The van der Waals surface area contributed by atoms with Gasteiger partial charge in [-0.1, -0.05) is 19.1 Å². The molecule has 0 amide bonds. The van der Waals surface area contributed by atoms with Crippen molar-refractivity contribution in [1.29, 1.82) is 0 Å². The van der Waals surface area contributed by atoms with Crippen molar-refractivity contribution in [2.24, 2.45) is 10.7 Å². The molecule has 0 fully saturated rings. The predicted octanol–water partition coefficient (Wildman–Crippen LogP) is 1.71. The highest BCUT2D eigenvalue weighted by Crippen LogP contribution is 2.20. The second kappa shape index (κ2) is 6.91. The highest BCUT2D eigenvalue weighted by Gasteiger charge is 2.06. The molecule has 1 aromatic carbocycles. The first-order valence-electron chi connectivity index (χ1n) is 6.05. The van der Waals surface area contributed by atoms with Gasteiger partial charge in [-0.05, 0) is 30.5 Å². The third kappa shape index (κ3) is 3.46. The van der Waals surface area contributed by atoms with E-state index in [1.54, 1.807) is 7.05 Å². The van der Waals surface area contributed by atoms with Crippen LogP contribution in [-0.2, 0) is 13.0 Å². The highest BCUT2D eigenvalue weighted by molar-refractivity contribution is 5.94. The van der Waals surface area contributed by atoms with Crippen LogP contribution in [0.25, 0.3) is 0 Å². The lowest BCUT2D eigenvalue weighted by Gasteiger charge is -2.16. The molecule has 0 radical (unpaired) electrons. The minimum Gasteiger partial charge on any atom is -0.356 e. The van der Waals surface area contributed by atoms with E-state index in [9.17, 15) is 0 Å². The zero-order chi connectivity index (χ0) is 12.7. The summed E-state index contributed by atoms with van der Waals surface area (Å²) in [5.74, 6) is 0.788. The van der Waals surface area contributed by atoms with Crippen molar-refractivity contribution >= 4 is 11.6 Å². The summed E-state index contributed by atoms with van der Waals surface area (Å²) in [6, 6.07) is 6.14. The van der Waals surface area contributed by atoms with Gasteiger partial charge in [-0.25, -0.2) is 0 Å². The number of guanidine groups is 1. The van der Waals surface area contributed by atoms with Crippen molar-refractivity contribution in [3.8, 4) is 0 Å². The zero-order valence-electron chi connectivity index (χ0n) is 10.9. The Labute approximate surface area is 103 Å². The Balaban J connectivity index is 2.97. The maximum absolute atomic E-state index is 5.74. The molecule has 0 saturated carbocycles. The molecular formula is C13H22N4. The van der Waals surface area contributed by atoms with E-state index < -0.39 is 0 Å². The summed E-state index contributed by atoms with van der Waals surface area (Å²) in [6.45, 7) is 5.59. The van der Waals surface area contributed by atoms with Crippen molar-refractivity contribution in [1.82, 2.24) is 5.32 Å². The average Bonchev–Trinajstić information content (AvgIpc) is 2.37. The number of nitrogens with one attached hydrogen (secondary N) is 2. The van der Waals surface area contributed by atoms with Crippen LogP contribution >= 0.6 is 0 Å². The molecule has 0 aromatic heterocycles. The Morgan fingerprint density at radius 2 is 2.12 bits per heavy atom. The molecule has 0 aliphatic rings. The van der Waals surface area contributed by atoms with Gasteiger partial charge in [0, 0.05) is 25.8 Å². The van der Waals surface area contributed by atoms with Gasteiger partial charge >= 0.3 is 0 Å². The summed E-state index contributed by atoms with van der Waals surface area (Å²) >= 11 is 0. The van der Waals surface area contributed by atoms with Gasteiger partial charge in [0.05, 0.1) is 0 Å². The lowest BCUT2D eigenvalue weighted by Crippen LogP contribution is -2.30. The molecule has 0 atom stereocenters. The van der Waals surface area contributed by atoms with Crippen LogP contribution in [0.5, 0.6) is 0 Å². The van der Waals surface area contributed by atoms with Gasteiger partial charge in [0.25, 0.3) is 0 Å². The van der Waals surface area contributed by atoms with Crippen molar-refractivity contribution < 1.29 is 0 Å². The molecule has 17 heavy (non-hydrogen) atoms. The second-order valence-electron chi connectivity index (χ2n) is 3.73. The lowest BCUT2D eigenvalue weighted by molar-refractivity contribution is 0.955. The van der Waals surface area contributed by atoms with Crippen LogP contribution in [0, 0.1) is 0 Å². The number of hydrogen-bond acceptors (Lipinski definition) is 2. The van der Waals surface area contributed by atoms with Crippen molar-refractivity contribution in [2.75, 3.05) is 18.9 Å². The summed E-state index contributed by atoms with van der Waals surface area (Å²) in [7, 11) is 1.77. The van der Waals surface area contributed by atoms with Gasteiger partial charge in [-0.2, -0.15) is 0 Å². The Morgan fingerprint density at radius 1 is 1.35 bits per heavy atom. The summed E-state index contributed by atoms with van der Waals surface area (Å²) < 4.78 is 0. The number of nitrogens with two attached hydrogens (primary N) is 1. The molecule has 4 nitrogen and oxygen atoms in total. The van der Waals surface area contributed by atoms with Gasteiger partial charge < -0.3 is 16.4 Å². The largest absolute Gasteiger partial charge is 0.356 e. The van der Waals surface area contributed by atoms with Gasteiger partial charge in [-0.3, -0.25) is 4.99 Å². The Bertz CT molecular complexity index is 385. The van der Waals surface area contributed by atoms with Crippen molar-refractivity contribution in [2.45, 2.75) is 26.8 Å². The minimum atomic E-state index is 0.568. The molecule has 1 rings (SSSR count). The molecule has 0 aliphatic heterocycles. The van der Waals surface area contributed by atoms with Gasteiger partial charge in [0.1, 0.15) is 0 Å². The lowest BCUT2D eigenvalue weighted by atomic mass is 10.0. The zero-order valence-corrected chi connectivity index (χ0v) is 10.9. The standard InChI is InChI=1S/C13H22N4/c1-4-11-10(9-14)7-6-8-12(11)17-13(15-3)16-5-2/h6-8H,4-5,9,14H2,1-3H3,(H2,15,16,17). The SMILES string of the molecule is CCNC(=NC)Nc1cccc(CN)c1CC. The number of aliphatic imine (C=N–C) groups is 1. The average molecular weight is 234 g/mol. The molecule has 1 aromatic rings. The molecular weight excluding hydrogens is 212 g/mol. The van der Waals surface area contributed by atoms with Crippen LogP contribution in [0.3, 0.4) is 0 Å². The Morgan fingerprint density at radius 3 is 2.65 bits per heavy atom. The normalized spacial score (nSPS) is 11.4. The van der Waals surface area contributed by atoms with Crippen LogP contribution in [0.15, 0.2) is 23.2 Å². The maximum atomic E-state index is 5.74. The van der Waals surface area contributed by atoms with Crippen molar-refractivity contribution in [3.05, 3.63) is 29.3 Å². The number of rotatable bonds is 4. The molecule has 0 saturated heterocycles. The first-order valence-corrected chi connectivity index (χ1v) is 6.05. The number of anilines is 1. The van der Waals surface area contributed by atoms with Crippen LogP contribution < -0.4 is 16.4 Å². The van der Waals surface area contributed by atoms with E-state index in [0.29, 0.717) is 6.54 Å². The van der Waals surface area contributed by atoms with E-state index in [2.05, 4.69) is 34.7 Å². The van der Waals surface area contributed by atoms with Crippen molar-refractivity contribution in [3.63, 3.8) is 0 Å². The number of benzene rings is 1. The Kier molecular flexibility index (Phi) is 5.49. The van der Waals surface area contributed by atoms with Gasteiger partial charge in [0.2, 0.25) is 0 Å². The van der Waals surface area contributed by atoms with Crippen LogP contribution in [0.1, 0.15) is 25.0 Å². The molecule has 0 aliphatic carbocycles. The van der Waals surface area contributed by atoms with E-state index >= 15 is 0 Å². The fourth-order valence-electron chi connectivity index (χ4n) is 1.83. The van der Waals surface area contributed by atoms with E-state index in [1.807, 2.05) is 13.0 Å². The van der Waals surface area contributed by atoms with E-state index in [-0.39, 0.29) is 0 Å². The van der Waals surface area contributed by atoms with E-state index in [0.717, 1.165) is 24.6 Å². The van der Waals surface area contributed by atoms with Crippen LogP contribution in [-0.4, -0.2) is 19.6 Å². The van der Waals surface area contributed by atoms with Crippen LogP contribution in [0.2, 0.25) is 0 Å². The smallest absolute Gasteiger partial charge is 0.195 e. The Hall–Kier alpha value is -1.55. The molecule has 0 spiro atoms. The molecule has 0 unspecified atom stereocenters. The topological polar surface area (TPSA) is 62.4 Å². The van der Waals surface area contributed by atoms with E-state index in [4.69, 9.17) is 5.73 Å². The second-order valence-corrected chi connectivity index (χ2v) is 3.73. The number of nitrogens with zero attached hydrogens (tertiary/aromatic N) is 1. The summed E-state index contributed by atoms with van der Waals surface area (Å²) in [5, 5.41) is 6.48. The third-order valence-electron chi connectivity index (χ3n) is 2.67. The molecule has 4 N–H and O–H groups in total. The molecule has 0 heterocycles. The highest BCUT2D eigenvalue weighted by atomic mass is 15.2. The number of hydrogen-bond donors (Lipinski definition) is 3. The predicted molar refractivity (Wildman–Crippen MR) is 74.4 cm³/mol. The minimum absolute atomic E-state index is 0.568.